The van der Waals surface area contributed by atoms with E-state index >= 15 is 0 Å². The van der Waals surface area contributed by atoms with Crippen molar-refractivity contribution >= 4 is 11.9 Å². The summed E-state index contributed by atoms with van der Waals surface area (Å²) >= 11 is 0. The second kappa shape index (κ2) is 7.41. The third kappa shape index (κ3) is 4.02. The van der Waals surface area contributed by atoms with Crippen LogP contribution in [0.15, 0.2) is 42.7 Å². The molecule has 26 heavy (non-hydrogen) atoms. The highest BCUT2D eigenvalue weighted by Crippen LogP contribution is 2.37. The van der Waals surface area contributed by atoms with Crippen LogP contribution < -0.4 is 10.6 Å². The number of piperidine rings is 1. The molecule has 6 heteroatoms. The van der Waals surface area contributed by atoms with Crippen LogP contribution in [0.1, 0.15) is 30.4 Å². The highest BCUT2D eigenvalue weighted by molar-refractivity contribution is 5.79. The largest absolute Gasteiger partial charge is 0.356 e. The lowest BCUT2D eigenvalue weighted by Gasteiger charge is -2.38. The third-order valence-corrected chi connectivity index (χ3v) is 5.52. The first-order valence-electron chi connectivity index (χ1n) is 9.29. The van der Waals surface area contributed by atoms with Gasteiger partial charge in [0.15, 0.2) is 0 Å². The first-order chi connectivity index (χ1) is 12.7. The summed E-state index contributed by atoms with van der Waals surface area (Å²) in [6.45, 7) is 4.51. The maximum Gasteiger partial charge on any atom is 0.222 e. The van der Waals surface area contributed by atoms with E-state index in [9.17, 15) is 4.79 Å². The van der Waals surface area contributed by atoms with Crippen LogP contribution in [-0.2, 0) is 17.9 Å². The van der Waals surface area contributed by atoms with Gasteiger partial charge in [0, 0.05) is 44.0 Å². The molecule has 1 spiro atoms. The molecule has 3 heterocycles. The second-order valence-electron chi connectivity index (χ2n) is 7.48. The molecule has 6 nitrogen and oxygen atoms in total. The SMILES string of the molecule is O=C1CC2(CCN(Cc3cnc(NCc4ccccc4)nc3)CC2)CN1. The van der Waals surface area contributed by atoms with E-state index in [0.29, 0.717) is 12.4 Å². The van der Waals surface area contributed by atoms with Crippen LogP contribution in [0.3, 0.4) is 0 Å². The van der Waals surface area contributed by atoms with Crippen LogP contribution in [0.5, 0.6) is 0 Å². The molecule has 0 radical (unpaired) electrons. The monoisotopic (exact) mass is 351 g/mol. The fourth-order valence-electron chi connectivity index (χ4n) is 3.85. The lowest BCUT2D eigenvalue weighted by atomic mass is 9.77. The number of hydrogen-bond acceptors (Lipinski definition) is 5. The Balaban J connectivity index is 1.26. The Kier molecular flexibility index (Phi) is 4.84. The summed E-state index contributed by atoms with van der Waals surface area (Å²) in [6.07, 6.45) is 6.69. The van der Waals surface area contributed by atoms with Gasteiger partial charge in [-0.25, -0.2) is 9.97 Å². The molecule has 0 atom stereocenters. The number of hydrogen-bond donors (Lipinski definition) is 2. The zero-order valence-corrected chi connectivity index (χ0v) is 14.9. The number of nitrogens with zero attached hydrogens (tertiary/aromatic N) is 3. The summed E-state index contributed by atoms with van der Waals surface area (Å²) in [6, 6.07) is 10.2. The second-order valence-corrected chi connectivity index (χ2v) is 7.48. The van der Waals surface area contributed by atoms with Crippen molar-refractivity contribution in [3.05, 3.63) is 53.9 Å². The van der Waals surface area contributed by atoms with Gasteiger partial charge in [0.25, 0.3) is 0 Å². The van der Waals surface area contributed by atoms with Crippen LogP contribution in [-0.4, -0.2) is 40.4 Å². The molecule has 1 amide bonds. The Labute approximate surface area is 154 Å². The molecule has 1 aromatic heterocycles. The smallest absolute Gasteiger partial charge is 0.222 e. The molecule has 0 bridgehead atoms. The van der Waals surface area contributed by atoms with E-state index in [2.05, 4.69) is 37.6 Å². The average molecular weight is 351 g/mol. The van der Waals surface area contributed by atoms with Crippen molar-refractivity contribution < 1.29 is 4.79 Å². The maximum atomic E-state index is 11.5. The van der Waals surface area contributed by atoms with E-state index in [1.54, 1.807) is 0 Å². The highest BCUT2D eigenvalue weighted by atomic mass is 16.1. The lowest BCUT2D eigenvalue weighted by Crippen LogP contribution is -2.40. The van der Waals surface area contributed by atoms with Crippen LogP contribution in [0.2, 0.25) is 0 Å². The molecule has 4 rings (SSSR count). The zero-order chi connectivity index (χ0) is 17.8. The van der Waals surface area contributed by atoms with Gasteiger partial charge in [-0.1, -0.05) is 30.3 Å². The third-order valence-electron chi connectivity index (χ3n) is 5.52. The van der Waals surface area contributed by atoms with Gasteiger partial charge in [-0.15, -0.1) is 0 Å². The summed E-state index contributed by atoms with van der Waals surface area (Å²) in [5.74, 6) is 0.871. The maximum absolute atomic E-state index is 11.5. The van der Waals surface area contributed by atoms with Crippen molar-refractivity contribution in [2.75, 3.05) is 25.0 Å². The molecule has 2 saturated heterocycles. The predicted octanol–water partition coefficient (Wildman–Crippen LogP) is 2.19. The van der Waals surface area contributed by atoms with E-state index in [0.717, 1.165) is 51.1 Å². The van der Waals surface area contributed by atoms with Crippen molar-refractivity contribution in [3.63, 3.8) is 0 Å². The average Bonchev–Trinajstić information content (AvgIpc) is 3.04. The van der Waals surface area contributed by atoms with Gasteiger partial charge >= 0.3 is 0 Å². The number of anilines is 1. The van der Waals surface area contributed by atoms with Crippen molar-refractivity contribution in [1.29, 1.82) is 0 Å². The fourth-order valence-corrected chi connectivity index (χ4v) is 3.85. The predicted molar refractivity (Wildman–Crippen MR) is 100 cm³/mol. The Hall–Kier alpha value is -2.47. The number of benzene rings is 1. The van der Waals surface area contributed by atoms with E-state index < -0.39 is 0 Å². The van der Waals surface area contributed by atoms with E-state index in [1.165, 1.54) is 5.56 Å². The van der Waals surface area contributed by atoms with Gasteiger partial charge < -0.3 is 10.6 Å². The lowest BCUT2D eigenvalue weighted by molar-refractivity contribution is -0.119. The van der Waals surface area contributed by atoms with Crippen LogP contribution >= 0.6 is 0 Å². The quantitative estimate of drug-likeness (QED) is 0.864. The van der Waals surface area contributed by atoms with E-state index in [-0.39, 0.29) is 11.3 Å². The Morgan fingerprint density at radius 1 is 1.08 bits per heavy atom. The molecule has 0 aliphatic carbocycles. The molecule has 2 N–H and O–H groups in total. The molecule has 2 aliphatic rings. The number of nitrogens with one attached hydrogen (secondary N) is 2. The van der Waals surface area contributed by atoms with Crippen LogP contribution in [0, 0.1) is 5.41 Å². The summed E-state index contributed by atoms with van der Waals surface area (Å²) in [5.41, 5.74) is 2.55. The molecule has 0 saturated carbocycles. The van der Waals surface area contributed by atoms with Gasteiger partial charge in [0.1, 0.15) is 0 Å². The molecule has 2 aromatic rings. The van der Waals surface area contributed by atoms with Crippen molar-refractivity contribution in [1.82, 2.24) is 20.2 Å². The minimum Gasteiger partial charge on any atom is -0.356 e. The molecule has 2 fully saturated rings. The molecule has 0 unspecified atom stereocenters. The van der Waals surface area contributed by atoms with Gasteiger partial charge in [0.05, 0.1) is 0 Å². The van der Waals surface area contributed by atoms with Gasteiger partial charge in [-0.05, 0) is 36.9 Å². The standard InChI is InChI=1S/C20H25N5O/c26-18-10-20(15-24-18)6-8-25(9-7-20)14-17-12-22-19(23-13-17)21-11-16-4-2-1-3-5-16/h1-5,12-13H,6-11,14-15H2,(H,24,26)(H,21,22,23). The first kappa shape index (κ1) is 17.0. The number of aromatic nitrogens is 2. The Bertz CT molecular complexity index is 739. The summed E-state index contributed by atoms with van der Waals surface area (Å²) < 4.78 is 0. The molecule has 136 valence electrons. The summed E-state index contributed by atoms with van der Waals surface area (Å²) in [4.78, 5) is 22.8. The minimum atomic E-state index is 0.204. The van der Waals surface area contributed by atoms with Crippen LogP contribution in [0.4, 0.5) is 5.95 Å². The zero-order valence-electron chi connectivity index (χ0n) is 14.9. The Morgan fingerprint density at radius 3 is 2.46 bits per heavy atom. The number of amides is 1. The van der Waals surface area contributed by atoms with Gasteiger partial charge in [0.2, 0.25) is 11.9 Å². The summed E-state index contributed by atoms with van der Waals surface area (Å²) in [7, 11) is 0. The minimum absolute atomic E-state index is 0.204. The Morgan fingerprint density at radius 2 is 1.81 bits per heavy atom. The van der Waals surface area contributed by atoms with Gasteiger partial charge in [-0.2, -0.15) is 0 Å². The normalized spacial score (nSPS) is 19.5. The van der Waals surface area contributed by atoms with Crippen LogP contribution in [0.25, 0.3) is 0 Å². The van der Waals surface area contributed by atoms with Crippen molar-refractivity contribution in [2.45, 2.75) is 32.4 Å². The number of carbonyl (C=O) groups is 1. The first-order valence-corrected chi connectivity index (χ1v) is 9.29. The topological polar surface area (TPSA) is 70.2 Å². The molecule has 2 aliphatic heterocycles. The van der Waals surface area contributed by atoms with Crippen molar-refractivity contribution in [3.8, 4) is 0 Å². The molecular weight excluding hydrogens is 326 g/mol. The highest BCUT2D eigenvalue weighted by Gasteiger charge is 2.40. The van der Waals surface area contributed by atoms with E-state index in [1.807, 2.05) is 30.6 Å². The fraction of sp³-hybridized carbons (Fsp3) is 0.450. The number of rotatable bonds is 5. The van der Waals surface area contributed by atoms with Gasteiger partial charge in [-0.3, -0.25) is 9.69 Å². The summed E-state index contributed by atoms with van der Waals surface area (Å²) in [5, 5.41) is 6.24. The molecular formula is C20H25N5O. The number of carbonyl (C=O) groups excluding carboxylic acids is 1. The number of likely N-dealkylation sites (tertiary alicyclic amines) is 1. The van der Waals surface area contributed by atoms with E-state index in [4.69, 9.17) is 0 Å². The van der Waals surface area contributed by atoms with Crippen molar-refractivity contribution in [2.24, 2.45) is 5.41 Å². The molecule has 1 aromatic carbocycles.